The average molecular weight is 403 g/mol. The predicted molar refractivity (Wildman–Crippen MR) is 109 cm³/mol. The summed E-state index contributed by atoms with van der Waals surface area (Å²) in [6, 6.07) is 9.19. The second kappa shape index (κ2) is 9.25. The summed E-state index contributed by atoms with van der Waals surface area (Å²) in [7, 11) is 0. The molecule has 3 rings (SSSR count). The van der Waals surface area contributed by atoms with Crippen molar-refractivity contribution in [1.29, 1.82) is 0 Å². The first-order valence-corrected chi connectivity index (χ1v) is 10.3. The molecule has 2 unspecified atom stereocenters. The van der Waals surface area contributed by atoms with Gasteiger partial charge in [-0.1, -0.05) is 55.9 Å². The minimum absolute atomic E-state index is 0.00240. The molecule has 7 nitrogen and oxygen atoms in total. The molecule has 3 amide bonds. The van der Waals surface area contributed by atoms with Gasteiger partial charge in [0.25, 0.3) is 0 Å². The summed E-state index contributed by atoms with van der Waals surface area (Å²) in [4.78, 5) is 28.1. The summed E-state index contributed by atoms with van der Waals surface area (Å²) in [5.41, 5.74) is 7.17. The molecule has 0 aliphatic carbocycles. The van der Waals surface area contributed by atoms with Crippen LogP contribution in [-0.4, -0.2) is 39.5 Å². The molecule has 8 heteroatoms. The zero-order valence-corrected chi connectivity index (χ0v) is 16.9. The summed E-state index contributed by atoms with van der Waals surface area (Å²) < 4.78 is 7.94. The summed E-state index contributed by atoms with van der Waals surface area (Å²) >= 11 is 1.35. The molecule has 150 valence electrons. The first-order valence-electron chi connectivity index (χ1n) is 9.45. The molecule has 1 aromatic heterocycles. The van der Waals surface area contributed by atoms with Crippen LogP contribution >= 0.6 is 11.8 Å². The Morgan fingerprint density at radius 1 is 1.36 bits per heavy atom. The molecule has 2 aromatic rings. The number of nitrogens with two attached hydrogens (primary N) is 1. The number of aromatic nitrogens is 2. The van der Waals surface area contributed by atoms with Gasteiger partial charge in [0.1, 0.15) is 0 Å². The van der Waals surface area contributed by atoms with E-state index < -0.39 is 17.2 Å². The second-order valence-electron chi connectivity index (χ2n) is 7.17. The third-order valence-corrected chi connectivity index (χ3v) is 6.19. The molecule has 28 heavy (non-hydrogen) atoms. The number of imidazole rings is 1. The maximum Gasteiger partial charge on any atom is 0.318 e. The quantitative estimate of drug-likeness (QED) is 0.694. The third-order valence-electron chi connectivity index (χ3n) is 4.64. The van der Waals surface area contributed by atoms with E-state index in [-0.39, 0.29) is 12.0 Å². The van der Waals surface area contributed by atoms with Gasteiger partial charge in [0, 0.05) is 6.61 Å². The Morgan fingerprint density at radius 3 is 2.71 bits per heavy atom. The monoisotopic (exact) mass is 402 g/mol. The number of carbonyl (C=O) groups excluding carboxylic acids is 2. The number of nitrogens with zero attached hydrogens (tertiary/aromatic N) is 2. The molecule has 1 fully saturated rings. The highest BCUT2D eigenvalue weighted by molar-refractivity contribution is 8.00. The fraction of sp³-hybridized carbons (Fsp3) is 0.450. The van der Waals surface area contributed by atoms with Crippen molar-refractivity contribution >= 4 is 23.7 Å². The van der Waals surface area contributed by atoms with Crippen LogP contribution in [0.3, 0.4) is 0 Å². The standard InChI is InChI=1S/C20H26N4O3S/c1-13(2)17(18(25)23-19(21)26)28-20-22-11-16(14-7-4-3-5-8-14)24(20)12-15-9-6-10-27-15/h3-5,7-8,11,13,15,17H,6,9-10,12H2,1-2H3,(H3,21,23,25,26). The van der Waals surface area contributed by atoms with E-state index in [1.807, 2.05) is 50.4 Å². The van der Waals surface area contributed by atoms with E-state index in [1.54, 1.807) is 0 Å². The fourth-order valence-corrected chi connectivity index (χ4v) is 4.34. The molecule has 1 aliphatic rings. The van der Waals surface area contributed by atoms with Gasteiger partial charge in [-0.05, 0) is 24.3 Å². The molecule has 0 saturated carbocycles. The van der Waals surface area contributed by atoms with Crippen LogP contribution < -0.4 is 11.1 Å². The number of primary amides is 1. The topological polar surface area (TPSA) is 99.2 Å². The molecule has 0 spiro atoms. The number of ether oxygens (including phenoxy) is 1. The smallest absolute Gasteiger partial charge is 0.318 e. The van der Waals surface area contributed by atoms with Crippen molar-refractivity contribution in [2.24, 2.45) is 11.7 Å². The Balaban J connectivity index is 1.91. The van der Waals surface area contributed by atoms with E-state index in [0.717, 1.165) is 35.9 Å². The summed E-state index contributed by atoms with van der Waals surface area (Å²) in [6.45, 7) is 5.32. The molecular formula is C20H26N4O3S. The number of thioether (sulfide) groups is 1. The van der Waals surface area contributed by atoms with Crippen LogP contribution in [0.15, 0.2) is 41.7 Å². The van der Waals surface area contributed by atoms with Crippen molar-refractivity contribution < 1.29 is 14.3 Å². The zero-order valence-electron chi connectivity index (χ0n) is 16.1. The SMILES string of the molecule is CC(C)C(Sc1ncc(-c2ccccc2)n1CC1CCCO1)C(=O)NC(N)=O. The minimum atomic E-state index is -0.844. The lowest BCUT2D eigenvalue weighted by Gasteiger charge is -2.21. The Morgan fingerprint density at radius 2 is 2.11 bits per heavy atom. The summed E-state index contributed by atoms with van der Waals surface area (Å²) in [5, 5.41) is 2.44. The van der Waals surface area contributed by atoms with E-state index in [2.05, 4.69) is 14.9 Å². The average Bonchev–Trinajstić information content (AvgIpc) is 3.30. The number of benzene rings is 1. The number of imide groups is 1. The molecule has 0 bridgehead atoms. The van der Waals surface area contributed by atoms with Crippen molar-refractivity contribution in [3.63, 3.8) is 0 Å². The predicted octanol–water partition coefficient (Wildman–Crippen LogP) is 3.04. The zero-order chi connectivity index (χ0) is 20.1. The summed E-state index contributed by atoms with van der Waals surface area (Å²) in [5.74, 6) is -0.405. The van der Waals surface area contributed by atoms with Crippen LogP contribution in [-0.2, 0) is 16.1 Å². The van der Waals surface area contributed by atoms with E-state index >= 15 is 0 Å². The number of urea groups is 1. The van der Waals surface area contributed by atoms with Crippen molar-refractivity contribution in [2.45, 2.75) is 49.7 Å². The van der Waals surface area contributed by atoms with E-state index in [0.29, 0.717) is 6.54 Å². The normalized spacial score (nSPS) is 17.6. The van der Waals surface area contributed by atoms with Gasteiger partial charge in [-0.3, -0.25) is 10.1 Å². The van der Waals surface area contributed by atoms with Crippen molar-refractivity contribution in [3.05, 3.63) is 36.5 Å². The lowest BCUT2D eigenvalue weighted by Crippen LogP contribution is -2.42. The van der Waals surface area contributed by atoms with Gasteiger partial charge in [0.15, 0.2) is 5.16 Å². The van der Waals surface area contributed by atoms with Gasteiger partial charge in [-0.25, -0.2) is 9.78 Å². The van der Waals surface area contributed by atoms with Gasteiger partial charge >= 0.3 is 6.03 Å². The number of amides is 3. The number of nitrogens with one attached hydrogen (secondary N) is 1. The van der Waals surface area contributed by atoms with Crippen LogP contribution in [0, 0.1) is 5.92 Å². The van der Waals surface area contributed by atoms with E-state index in [4.69, 9.17) is 10.5 Å². The van der Waals surface area contributed by atoms with Gasteiger partial charge in [0.2, 0.25) is 5.91 Å². The van der Waals surface area contributed by atoms with Gasteiger partial charge in [-0.2, -0.15) is 0 Å². The maximum atomic E-state index is 12.4. The molecule has 1 aromatic carbocycles. The first-order chi connectivity index (χ1) is 13.5. The number of hydrogen-bond acceptors (Lipinski definition) is 5. The molecular weight excluding hydrogens is 376 g/mol. The molecule has 2 atom stereocenters. The number of carbonyl (C=O) groups is 2. The van der Waals surface area contributed by atoms with Crippen molar-refractivity contribution in [1.82, 2.24) is 14.9 Å². The highest BCUT2D eigenvalue weighted by Gasteiger charge is 2.28. The Labute approximate surface area is 169 Å². The molecule has 1 aliphatic heterocycles. The minimum Gasteiger partial charge on any atom is -0.376 e. The Hall–Kier alpha value is -2.32. The fourth-order valence-electron chi connectivity index (χ4n) is 3.26. The van der Waals surface area contributed by atoms with Crippen LogP contribution in [0.5, 0.6) is 0 Å². The molecule has 3 N–H and O–H groups in total. The van der Waals surface area contributed by atoms with E-state index in [1.165, 1.54) is 11.8 Å². The third kappa shape index (κ3) is 4.94. The van der Waals surface area contributed by atoms with Crippen LogP contribution in [0.1, 0.15) is 26.7 Å². The van der Waals surface area contributed by atoms with E-state index in [9.17, 15) is 9.59 Å². The number of hydrogen-bond donors (Lipinski definition) is 2. The largest absolute Gasteiger partial charge is 0.376 e. The highest BCUT2D eigenvalue weighted by Crippen LogP contribution is 2.32. The second-order valence-corrected chi connectivity index (χ2v) is 8.28. The Bertz CT molecular complexity index is 816. The van der Waals surface area contributed by atoms with Crippen molar-refractivity contribution in [2.75, 3.05) is 6.61 Å². The van der Waals surface area contributed by atoms with Gasteiger partial charge in [-0.15, -0.1) is 0 Å². The molecule has 2 heterocycles. The van der Waals surface area contributed by atoms with Crippen LogP contribution in [0.4, 0.5) is 4.79 Å². The highest BCUT2D eigenvalue weighted by atomic mass is 32.2. The van der Waals surface area contributed by atoms with Crippen molar-refractivity contribution in [3.8, 4) is 11.3 Å². The lowest BCUT2D eigenvalue weighted by atomic mass is 10.1. The van der Waals surface area contributed by atoms with Crippen LogP contribution in [0.2, 0.25) is 0 Å². The number of rotatable bonds is 7. The summed E-state index contributed by atoms with van der Waals surface area (Å²) in [6.07, 6.45) is 4.02. The first kappa shape index (κ1) is 20.4. The Kier molecular flexibility index (Phi) is 6.74. The lowest BCUT2D eigenvalue weighted by molar-refractivity contribution is -0.120. The van der Waals surface area contributed by atoms with Crippen LogP contribution in [0.25, 0.3) is 11.3 Å². The maximum absolute atomic E-state index is 12.4. The van der Waals surface area contributed by atoms with Gasteiger partial charge in [0.05, 0.1) is 29.8 Å². The molecule has 1 saturated heterocycles. The molecule has 0 radical (unpaired) electrons. The van der Waals surface area contributed by atoms with Gasteiger partial charge < -0.3 is 15.0 Å².